The number of aryl methyl sites for hydroxylation is 2. The zero-order valence-electron chi connectivity index (χ0n) is 16.6. The van der Waals surface area contributed by atoms with Crippen molar-refractivity contribution in [2.75, 3.05) is 6.54 Å². The van der Waals surface area contributed by atoms with Crippen LogP contribution in [0.4, 0.5) is 0 Å². The van der Waals surface area contributed by atoms with Crippen LogP contribution in [0, 0.1) is 5.41 Å². The monoisotopic (exact) mass is 387 g/mol. The van der Waals surface area contributed by atoms with Crippen LogP contribution < -0.4 is 5.30 Å². The molecule has 7 heteroatoms. The lowest BCUT2D eigenvalue weighted by Gasteiger charge is -2.20. The Hall–Kier alpha value is -1.91. The lowest BCUT2D eigenvalue weighted by Crippen LogP contribution is -2.26. The van der Waals surface area contributed by atoms with Crippen molar-refractivity contribution in [3.05, 3.63) is 41.5 Å². The lowest BCUT2D eigenvalue weighted by atomic mass is 9.82. The van der Waals surface area contributed by atoms with E-state index in [9.17, 15) is 9.36 Å². The fraction of sp³-hybridized carbons (Fsp3) is 0.550. The highest BCUT2D eigenvalue weighted by Crippen LogP contribution is 2.33. The Morgan fingerprint density at radius 1 is 1.37 bits per heavy atom. The Kier molecular flexibility index (Phi) is 5.87. The van der Waals surface area contributed by atoms with Crippen LogP contribution in [0.1, 0.15) is 50.7 Å². The number of carbonyl (C=O) groups excluding carboxylic acids is 1. The second kappa shape index (κ2) is 7.99. The number of Topliss-reactive ketones (excluding diaryl/α,β-unsaturated/α-hetero) is 1. The number of ketones is 1. The van der Waals surface area contributed by atoms with Gasteiger partial charge in [0.2, 0.25) is 5.30 Å². The molecular weight excluding hydrogens is 359 g/mol. The van der Waals surface area contributed by atoms with Gasteiger partial charge < -0.3 is 0 Å². The van der Waals surface area contributed by atoms with Gasteiger partial charge in [-0.25, -0.2) is 0 Å². The fourth-order valence-electron chi connectivity index (χ4n) is 3.63. The van der Waals surface area contributed by atoms with Crippen molar-refractivity contribution in [3.63, 3.8) is 0 Å². The first-order valence-corrected chi connectivity index (χ1v) is 10.7. The first-order valence-electron chi connectivity index (χ1n) is 9.53. The van der Waals surface area contributed by atoms with Gasteiger partial charge in [0, 0.05) is 38.0 Å². The number of hydrogen-bond donors (Lipinski definition) is 0. The topological polar surface area (TPSA) is 68.1 Å². The Bertz CT molecular complexity index is 859. The molecule has 144 valence electrons. The van der Waals surface area contributed by atoms with Crippen LogP contribution >= 0.6 is 7.95 Å². The van der Waals surface area contributed by atoms with Crippen molar-refractivity contribution in [3.8, 4) is 0 Å². The van der Waals surface area contributed by atoms with Crippen LogP contribution in [-0.2, 0) is 35.8 Å². The maximum Gasteiger partial charge on any atom is 0.476 e. The van der Waals surface area contributed by atoms with Gasteiger partial charge in [-0.3, -0.25) is 14.5 Å². The fourth-order valence-corrected chi connectivity index (χ4v) is 5.14. The Balaban J connectivity index is 1.77. The van der Waals surface area contributed by atoms with Crippen molar-refractivity contribution >= 4 is 19.0 Å². The summed E-state index contributed by atoms with van der Waals surface area (Å²) in [6, 6.07) is 5.82. The number of aromatic nitrogens is 3. The van der Waals surface area contributed by atoms with E-state index in [1.807, 2.05) is 55.4 Å². The predicted molar refractivity (Wildman–Crippen MR) is 106 cm³/mol. The minimum absolute atomic E-state index is 0.245. The van der Waals surface area contributed by atoms with Crippen molar-refractivity contribution < 1.29 is 9.36 Å². The summed E-state index contributed by atoms with van der Waals surface area (Å²) in [5.74, 6) is 0.245. The standard InChI is InChI=1S/C20H28N4O2P/c1-5-19(25)20(2,3)13-15-12-16(23(4)22-15)14-24-11-7-8-17-18(27(24)26)9-6-10-21-17/h6,9-10,12H,5,7-8,11,13-14H2,1-4H3/q+1. The second-order valence-electron chi connectivity index (χ2n) is 7.82. The van der Waals surface area contributed by atoms with Crippen molar-refractivity contribution in [2.45, 2.75) is 53.0 Å². The largest absolute Gasteiger partial charge is 0.476 e. The van der Waals surface area contributed by atoms with E-state index in [4.69, 9.17) is 0 Å². The van der Waals surface area contributed by atoms with Gasteiger partial charge in [-0.2, -0.15) is 5.10 Å². The van der Waals surface area contributed by atoms with E-state index in [0.717, 1.165) is 41.8 Å². The first-order chi connectivity index (χ1) is 12.8. The van der Waals surface area contributed by atoms with E-state index in [-0.39, 0.29) is 5.78 Å². The van der Waals surface area contributed by atoms with Gasteiger partial charge in [0.15, 0.2) is 0 Å². The molecule has 1 aliphatic rings. The molecule has 27 heavy (non-hydrogen) atoms. The third-order valence-electron chi connectivity index (χ3n) is 5.23. The van der Waals surface area contributed by atoms with E-state index in [0.29, 0.717) is 19.4 Å². The van der Waals surface area contributed by atoms with Gasteiger partial charge in [-0.05, 0) is 35.6 Å². The number of fused-ring (bicyclic) bond motifs is 1. The van der Waals surface area contributed by atoms with Gasteiger partial charge in [0.05, 0.1) is 23.6 Å². The maximum atomic E-state index is 13.1. The summed E-state index contributed by atoms with van der Waals surface area (Å²) >= 11 is 0. The first kappa shape index (κ1) is 19.8. The van der Waals surface area contributed by atoms with Gasteiger partial charge in [0.1, 0.15) is 5.78 Å². The summed E-state index contributed by atoms with van der Waals surface area (Å²) in [6.07, 6.45) is 4.72. The van der Waals surface area contributed by atoms with Gasteiger partial charge in [-0.15, -0.1) is 0 Å². The highest BCUT2D eigenvalue weighted by atomic mass is 31.1. The molecule has 0 fully saturated rings. The molecule has 1 atom stereocenters. The quantitative estimate of drug-likeness (QED) is 0.712. The van der Waals surface area contributed by atoms with E-state index in [2.05, 4.69) is 10.1 Å². The molecule has 0 aromatic carbocycles. The van der Waals surface area contributed by atoms with E-state index < -0.39 is 13.4 Å². The third kappa shape index (κ3) is 4.33. The SMILES string of the molecule is CCC(=O)C(C)(C)Cc1cc(CN2CCCc3ncccc3[P+]2=O)n(C)n1. The average molecular weight is 387 g/mol. The molecule has 0 N–H and O–H groups in total. The summed E-state index contributed by atoms with van der Waals surface area (Å²) in [5, 5.41) is 5.45. The molecule has 1 aliphatic heterocycles. The summed E-state index contributed by atoms with van der Waals surface area (Å²) in [6.45, 7) is 7.20. The molecule has 0 spiro atoms. The van der Waals surface area contributed by atoms with Crippen molar-refractivity contribution in [1.82, 2.24) is 19.4 Å². The van der Waals surface area contributed by atoms with E-state index >= 15 is 0 Å². The van der Waals surface area contributed by atoms with Gasteiger partial charge in [-0.1, -0.05) is 25.4 Å². The van der Waals surface area contributed by atoms with Crippen molar-refractivity contribution in [2.24, 2.45) is 12.5 Å². The van der Waals surface area contributed by atoms with Crippen LogP contribution in [0.15, 0.2) is 24.4 Å². The number of rotatable bonds is 6. The Morgan fingerprint density at radius 2 is 2.15 bits per heavy atom. The van der Waals surface area contributed by atoms with Crippen LogP contribution in [0.2, 0.25) is 0 Å². The zero-order valence-corrected chi connectivity index (χ0v) is 17.5. The van der Waals surface area contributed by atoms with Crippen LogP contribution in [0.5, 0.6) is 0 Å². The number of nitrogens with zero attached hydrogens (tertiary/aromatic N) is 4. The summed E-state index contributed by atoms with van der Waals surface area (Å²) in [5.41, 5.74) is 2.46. The van der Waals surface area contributed by atoms with E-state index in [1.165, 1.54) is 0 Å². The molecule has 0 radical (unpaired) electrons. The number of pyridine rings is 1. The molecule has 0 saturated carbocycles. The molecular formula is C20H28N4O2P+. The molecule has 3 heterocycles. The molecule has 1 unspecified atom stereocenters. The molecule has 3 rings (SSSR count). The predicted octanol–water partition coefficient (Wildman–Crippen LogP) is 3.18. The van der Waals surface area contributed by atoms with Crippen molar-refractivity contribution in [1.29, 1.82) is 0 Å². The Morgan fingerprint density at radius 3 is 2.89 bits per heavy atom. The summed E-state index contributed by atoms with van der Waals surface area (Å²) in [4.78, 5) is 16.6. The molecule has 0 saturated heterocycles. The van der Waals surface area contributed by atoms with Gasteiger partial charge >= 0.3 is 7.95 Å². The minimum atomic E-state index is -1.64. The normalized spacial score (nSPS) is 16.8. The maximum absolute atomic E-state index is 13.1. The second-order valence-corrected chi connectivity index (χ2v) is 9.42. The van der Waals surface area contributed by atoms with Gasteiger partial charge in [0.25, 0.3) is 0 Å². The number of carbonyl (C=O) groups is 1. The molecule has 0 aliphatic carbocycles. The molecule has 0 amide bonds. The summed E-state index contributed by atoms with van der Waals surface area (Å²) < 4.78 is 16.9. The highest BCUT2D eigenvalue weighted by Gasteiger charge is 2.36. The third-order valence-corrected chi connectivity index (χ3v) is 6.90. The van der Waals surface area contributed by atoms with Crippen LogP contribution in [0.3, 0.4) is 0 Å². The highest BCUT2D eigenvalue weighted by molar-refractivity contribution is 7.51. The Labute approximate surface area is 161 Å². The summed E-state index contributed by atoms with van der Waals surface area (Å²) in [7, 11) is 0.272. The van der Waals surface area contributed by atoms with Crippen LogP contribution in [-0.4, -0.2) is 31.8 Å². The molecule has 2 aromatic rings. The van der Waals surface area contributed by atoms with E-state index in [1.54, 1.807) is 6.20 Å². The smallest absolute Gasteiger partial charge is 0.299 e. The average Bonchev–Trinajstić information content (AvgIpc) is 2.89. The molecule has 6 nitrogen and oxygen atoms in total. The molecule has 2 aromatic heterocycles. The minimum Gasteiger partial charge on any atom is -0.299 e. The lowest BCUT2D eigenvalue weighted by molar-refractivity contribution is -0.126. The van der Waals surface area contributed by atoms with Crippen LogP contribution in [0.25, 0.3) is 0 Å². The zero-order chi connectivity index (χ0) is 19.6. The number of hydrogen-bond acceptors (Lipinski definition) is 4. The molecule has 0 bridgehead atoms.